The Kier molecular flexibility index (Phi) is 7.00. The van der Waals surface area contributed by atoms with Crippen molar-refractivity contribution in [3.8, 4) is 0 Å². The van der Waals surface area contributed by atoms with Crippen molar-refractivity contribution in [2.24, 2.45) is 17.3 Å². The predicted octanol–water partition coefficient (Wildman–Crippen LogP) is 4.63. The molecule has 0 heterocycles. The fraction of sp³-hybridized carbons (Fsp3) is 1.00. The normalized spacial score (nSPS) is 26.9. The molecule has 2 heteroatoms. The summed E-state index contributed by atoms with van der Waals surface area (Å²) in [6, 6.07) is 1.25. The van der Waals surface area contributed by atoms with Gasteiger partial charge in [0.2, 0.25) is 0 Å². The molecule has 1 rings (SSSR count). The Morgan fingerprint density at radius 3 is 2.20 bits per heavy atom. The van der Waals surface area contributed by atoms with Crippen LogP contribution in [0.25, 0.3) is 0 Å². The summed E-state index contributed by atoms with van der Waals surface area (Å²) in [6.07, 6.45) is 5.59. The molecule has 1 aliphatic carbocycles. The number of hydrogen-bond donors (Lipinski definition) is 1. The second kappa shape index (κ2) is 7.79. The number of hydrogen-bond acceptors (Lipinski definition) is 2. The molecule has 120 valence electrons. The molecule has 0 spiro atoms. The summed E-state index contributed by atoms with van der Waals surface area (Å²) >= 11 is 0. The summed E-state index contributed by atoms with van der Waals surface area (Å²) in [4.78, 5) is 0. The highest BCUT2D eigenvalue weighted by atomic mass is 16.5. The molecule has 3 unspecified atom stereocenters. The largest absolute Gasteiger partial charge is 0.377 e. The lowest BCUT2D eigenvalue weighted by Gasteiger charge is -2.53. The quantitative estimate of drug-likeness (QED) is 0.666. The van der Waals surface area contributed by atoms with Crippen LogP contribution in [-0.2, 0) is 4.74 Å². The van der Waals surface area contributed by atoms with Crippen molar-refractivity contribution < 1.29 is 4.74 Å². The second-order valence-corrected chi connectivity index (χ2v) is 8.22. The molecule has 0 aliphatic heterocycles. The van der Waals surface area contributed by atoms with Gasteiger partial charge in [-0.25, -0.2) is 0 Å². The zero-order valence-electron chi connectivity index (χ0n) is 14.8. The first-order valence-corrected chi connectivity index (χ1v) is 8.61. The molecule has 0 amide bonds. The van der Waals surface area contributed by atoms with Gasteiger partial charge in [0.25, 0.3) is 0 Å². The van der Waals surface area contributed by atoms with Crippen molar-refractivity contribution in [1.29, 1.82) is 0 Å². The first kappa shape index (κ1) is 18.0. The van der Waals surface area contributed by atoms with Crippen molar-refractivity contribution in [3.63, 3.8) is 0 Å². The summed E-state index contributed by atoms with van der Waals surface area (Å²) < 4.78 is 6.04. The molecule has 0 aromatic rings. The molecule has 20 heavy (non-hydrogen) atoms. The number of rotatable bonds is 9. The molecule has 0 aromatic carbocycles. The Labute approximate surface area is 127 Å². The van der Waals surface area contributed by atoms with Crippen LogP contribution < -0.4 is 5.32 Å². The van der Waals surface area contributed by atoms with Gasteiger partial charge in [0.05, 0.1) is 6.10 Å². The molecule has 0 radical (unpaired) electrons. The number of nitrogens with one attached hydrogen (secondary N) is 1. The smallest absolute Gasteiger partial charge is 0.0656 e. The van der Waals surface area contributed by atoms with Crippen molar-refractivity contribution in [2.75, 3.05) is 6.61 Å². The van der Waals surface area contributed by atoms with Gasteiger partial charge >= 0.3 is 0 Å². The highest BCUT2D eigenvalue weighted by molar-refractivity contribution is 5.03. The average molecular weight is 284 g/mol. The second-order valence-electron chi connectivity index (χ2n) is 8.22. The van der Waals surface area contributed by atoms with E-state index in [1.54, 1.807) is 0 Å². The molecule has 3 atom stereocenters. The van der Waals surface area contributed by atoms with Crippen LogP contribution in [0.1, 0.15) is 74.1 Å². The van der Waals surface area contributed by atoms with Crippen LogP contribution in [0, 0.1) is 17.3 Å². The maximum Gasteiger partial charge on any atom is 0.0656 e. The van der Waals surface area contributed by atoms with E-state index < -0.39 is 0 Å². The SMILES string of the molecule is CC(C)CCCC(C)NC1CC(OCC(C)C)C1(C)C. The molecule has 1 N–H and O–H groups in total. The topological polar surface area (TPSA) is 21.3 Å². The zero-order chi connectivity index (χ0) is 15.3. The minimum absolute atomic E-state index is 0.279. The van der Waals surface area contributed by atoms with Crippen LogP contribution in [0.4, 0.5) is 0 Å². The molecule has 1 aliphatic rings. The predicted molar refractivity (Wildman–Crippen MR) is 88.1 cm³/mol. The highest BCUT2D eigenvalue weighted by Gasteiger charge is 2.49. The molecule has 2 nitrogen and oxygen atoms in total. The zero-order valence-corrected chi connectivity index (χ0v) is 14.8. The van der Waals surface area contributed by atoms with Gasteiger partial charge < -0.3 is 10.1 Å². The lowest BCUT2D eigenvalue weighted by molar-refractivity contribution is -0.125. The van der Waals surface area contributed by atoms with Crippen LogP contribution in [0.15, 0.2) is 0 Å². The van der Waals surface area contributed by atoms with Crippen molar-refractivity contribution >= 4 is 0 Å². The summed E-state index contributed by atoms with van der Waals surface area (Å²) in [5.41, 5.74) is 0.279. The van der Waals surface area contributed by atoms with Gasteiger partial charge in [-0.15, -0.1) is 0 Å². The molecule has 0 aromatic heterocycles. The minimum Gasteiger partial charge on any atom is -0.377 e. The van der Waals surface area contributed by atoms with E-state index in [1.807, 2.05) is 0 Å². The molecular formula is C18H37NO. The lowest BCUT2D eigenvalue weighted by Crippen LogP contribution is -2.62. The van der Waals surface area contributed by atoms with Gasteiger partial charge in [-0.1, -0.05) is 54.4 Å². The van der Waals surface area contributed by atoms with E-state index in [0.29, 0.717) is 24.1 Å². The Balaban J connectivity index is 2.25. The molecule has 1 saturated carbocycles. The standard InChI is InChI=1S/C18H37NO/c1-13(2)9-8-10-15(5)19-16-11-17(18(16,6)7)20-12-14(3)4/h13-17,19H,8-12H2,1-7H3. The van der Waals surface area contributed by atoms with Crippen LogP contribution in [0.5, 0.6) is 0 Å². The van der Waals surface area contributed by atoms with E-state index in [1.165, 1.54) is 25.7 Å². The maximum absolute atomic E-state index is 6.04. The van der Waals surface area contributed by atoms with E-state index in [2.05, 4.69) is 53.8 Å². The van der Waals surface area contributed by atoms with Gasteiger partial charge in [0, 0.05) is 24.1 Å². The van der Waals surface area contributed by atoms with E-state index in [9.17, 15) is 0 Å². The fourth-order valence-electron chi connectivity index (χ4n) is 3.02. The summed E-state index contributed by atoms with van der Waals surface area (Å²) in [5, 5.41) is 3.82. The summed E-state index contributed by atoms with van der Waals surface area (Å²) in [7, 11) is 0. The van der Waals surface area contributed by atoms with E-state index in [0.717, 1.165) is 12.5 Å². The maximum atomic E-state index is 6.04. The average Bonchev–Trinajstić information content (AvgIpc) is 2.31. The molecule has 1 fully saturated rings. The van der Waals surface area contributed by atoms with Gasteiger partial charge in [0.15, 0.2) is 0 Å². The van der Waals surface area contributed by atoms with Gasteiger partial charge in [-0.05, 0) is 31.6 Å². The first-order chi connectivity index (χ1) is 9.23. The Bertz CT molecular complexity index is 273. The van der Waals surface area contributed by atoms with Crippen molar-refractivity contribution in [2.45, 2.75) is 92.3 Å². The van der Waals surface area contributed by atoms with E-state index in [4.69, 9.17) is 4.74 Å². The molecular weight excluding hydrogens is 246 g/mol. The Morgan fingerprint density at radius 2 is 1.70 bits per heavy atom. The van der Waals surface area contributed by atoms with Gasteiger partial charge in [-0.2, -0.15) is 0 Å². The first-order valence-electron chi connectivity index (χ1n) is 8.61. The molecule has 0 saturated heterocycles. The van der Waals surface area contributed by atoms with Crippen LogP contribution in [0.2, 0.25) is 0 Å². The van der Waals surface area contributed by atoms with Crippen molar-refractivity contribution in [1.82, 2.24) is 5.32 Å². The number of ether oxygens (including phenoxy) is 1. The van der Waals surface area contributed by atoms with Gasteiger partial charge in [-0.3, -0.25) is 0 Å². The minimum atomic E-state index is 0.279. The summed E-state index contributed by atoms with van der Waals surface area (Å²) in [6.45, 7) is 17.0. The highest BCUT2D eigenvalue weighted by Crippen LogP contribution is 2.43. The Morgan fingerprint density at radius 1 is 1.05 bits per heavy atom. The summed E-state index contributed by atoms with van der Waals surface area (Å²) in [5.74, 6) is 1.46. The van der Waals surface area contributed by atoms with E-state index in [-0.39, 0.29) is 5.41 Å². The fourth-order valence-corrected chi connectivity index (χ4v) is 3.02. The Hall–Kier alpha value is -0.0800. The third-order valence-electron chi connectivity index (χ3n) is 4.71. The van der Waals surface area contributed by atoms with Crippen LogP contribution >= 0.6 is 0 Å². The third-order valence-corrected chi connectivity index (χ3v) is 4.71. The third kappa shape index (κ3) is 5.37. The van der Waals surface area contributed by atoms with Gasteiger partial charge in [0.1, 0.15) is 0 Å². The lowest BCUT2D eigenvalue weighted by atomic mass is 9.64. The van der Waals surface area contributed by atoms with E-state index >= 15 is 0 Å². The monoisotopic (exact) mass is 283 g/mol. The molecule has 0 bridgehead atoms. The van der Waals surface area contributed by atoms with Crippen LogP contribution in [-0.4, -0.2) is 24.8 Å². The van der Waals surface area contributed by atoms with Crippen LogP contribution in [0.3, 0.4) is 0 Å². The van der Waals surface area contributed by atoms with Crippen molar-refractivity contribution in [3.05, 3.63) is 0 Å².